The van der Waals surface area contributed by atoms with Crippen LogP contribution in [0.1, 0.15) is 29.3 Å². The number of alkyl halides is 3. The van der Waals surface area contributed by atoms with Crippen molar-refractivity contribution >= 4 is 17.2 Å². The number of ether oxygens (including phenoxy) is 1. The van der Waals surface area contributed by atoms with Crippen molar-refractivity contribution in [2.24, 2.45) is 0 Å². The maximum Gasteiger partial charge on any atom is 0.416 e. The second kappa shape index (κ2) is 7.28. The van der Waals surface area contributed by atoms with Gasteiger partial charge in [0.1, 0.15) is 0 Å². The van der Waals surface area contributed by atoms with Crippen molar-refractivity contribution in [2.45, 2.75) is 19.5 Å². The van der Waals surface area contributed by atoms with E-state index in [1.54, 1.807) is 17.5 Å². The second-order valence-corrected chi connectivity index (χ2v) is 6.29. The molecule has 0 saturated heterocycles. The summed E-state index contributed by atoms with van der Waals surface area (Å²) in [6.07, 6.45) is -3.81. The lowest BCUT2D eigenvalue weighted by Gasteiger charge is -2.08. The highest BCUT2D eigenvalue weighted by molar-refractivity contribution is 7.13. The summed E-state index contributed by atoms with van der Waals surface area (Å²) < 4.78 is 45.1. The molecule has 3 aromatic rings. The minimum atomic E-state index is -4.54. The van der Waals surface area contributed by atoms with E-state index in [-0.39, 0.29) is 17.4 Å². The maximum atomic E-state index is 12.9. The van der Waals surface area contributed by atoms with E-state index in [9.17, 15) is 18.0 Å². The summed E-state index contributed by atoms with van der Waals surface area (Å²) in [6, 6.07) is 7.74. The summed E-state index contributed by atoms with van der Waals surface area (Å²) in [4.78, 5) is 17.6. The first-order valence-corrected chi connectivity index (χ1v) is 8.64. The van der Waals surface area contributed by atoms with E-state index in [0.29, 0.717) is 11.5 Å². The fraction of sp³-hybridized carbons (Fsp3) is 0.235. The number of hydrogen-bond acceptors (Lipinski definition) is 5. The fourth-order valence-corrected chi connectivity index (χ4v) is 2.90. The second-order valence-electron chi connectivity index (χ2n) is 5.34. The van der Waals surface area contributed by atoms with Gasteiger partial charge in [0, 0.05) is 5.56 Å². The predicted octanol–water partition coefficient (Wildman–Crippen LogP) is 4.50. The monoisotopic (exact) mass is 381 g/mol. The van der Waals surface area contributed by atoms with Gasteiger partial charge in [-0.05, 0) is 36.1 Å². The van der Waals surface area contributed by atoms with Gasteiger partial charge in [0.05, 0.1) is 17.0 Å². The van der Waals surface area contributed by atoms with Crippen LogP contribution in [0, 0.1) is 0 Å². The molecule has 0 N–H and O–H groups in total. The van der Waals surface area contributed by atoms with Gasteiger partial charge in [-0.1, -0.05) is 19.1 Å². The Bertz CT molecular complexity index is 904. The fourth-order valence-electron chi connectivity index (χ4n) is 2.21. The summed E-state index contributed by atoms with van der Waals surface area (Å²) in [6.45, 7) is 2.27. The van der Waals surface area contributed by atoms with Crippen LogP contribution in [0.25, 0.3) is 10.7 Å². The molecular weight excluding hydrogens is 367 g/mol. The summed E-state index contributed by atoms with van der Waals surface area (Å²) in [5, 5.41) is 5.83. The number of carbonyl (C=O) groups is 1. The Labute approximate surface area is 151 Å². The van der Waals surface area contributed by atoms with Crippen LogP contribution in [0.2, 0.25) is 0 Å². The van der Waals surface area contributed by atoms with Crippen LogP contribution in [-0.4, -0.2) is 27.3 Å². The molecule has 136 valence electrons. The van der Waals surface area contributed by atoms with Crippen LogP contribution in [0.3, 0.4) is 0 Å². The molecular formula is C17H14F3N3O2S. The molecule has 0 aliphatic heterocycles. The molecule has 9 heteroatoms. The zero-order valence-corrected chi connectivity index (χ0v) is 14.5. The van der Waals surface area contributed by atoms with Gasteiger partial charge in [0.15, 0.2) is 5.82 Å². The minimum absolute atomic E-state index is 0.00979. The number of nitrogens with zero attached hydrogens (tertiary/aromatic N) is 3. The first kappa shape index (κ1) is 18.1. The molecule has 3 rings (SSSR count). The van der Waals surface area contributed by atoms with Gasteiger partial charge >= 0.3 is 12.2 Å². The quantitative estimate of drug-likeness (QED) is 0.653. The Balaban J connectivity index is 2.02. The van der Waals surface area contributed by atoms with Gasteiger partial charge < -0.3 is 4.74 Å². The Hall–Kier alpha value is -2.68. The van der Waals surface area contributed by atoms with E-state index in [0.717, 1.165) is 23.2 Å². The number of halogens is 3. The van der Waals surface area contributed by atoms with Crippen molar-refractivity contribution in [3.8, 4) is 16.7 Å². The highest BCUT2D eigenvalue weighted by Gasteiger charge is 2.31. The van der Waals surface area contributed by atoms with Gasteiger partial charge in [-0.25, -0.2) is 0 Å². The van der Waals surface area contributed by atoms with Gasteiger partial charge in [-0.15, -0.1) is 16.4 Å². The third kappa shape index (κ3) is 3.77. The first-order chi connectivity index (χ1) is 12.4. The largest absolute Gasteiger partial charge is 0.462 e. The van der Waals surface area contributed by atoms with Crippen molar-refractivity contribution in [1.82, 2.24) is 14.8 Å². The normalized spacial score (nSPS) is 11.5. The molecule has 2 aromatic heterocycles. The molecule has 2 heterocycles. The third-order valence-electron chi connectivity index (χ3n) is 3.39. The molecule has 0 radical (unpaired) electrons. The molecule has 0 bridgehead atoms. The van der Waals surface area contributed by atoms with E-state index in [4.69, 9.17) is 4.74 Å². The molecule has 0 fully saturated rings. The van der Waals surface area contributed by atoms with Gasteiger partial charge in [0.2, 0.25) is 0 Å². The lowest BCUT2D eigenvalue weighted by molar-refractivity contribution is -0.137. The molecule has 0 spiro atoms. The molecule has 0 unspecified atom stereocenters. The molecule has 0 aliphatic carbocycles. The van der Waals surface area contributed by atoms with Crippen LogP contribution in [0.15, 0.2) is 41.8 Å². The van der Waals surface area contributed by atoms with Crippen LogP contribution >= 0.6 is 11.3 Å². The SMILES string of the molecule is CCCOc1nc(-c2cccs2)n(C(=O)c2cccc(C(F)(F)F)c2)n1. The average molecular weight is 381 g/mol. The van der Waals surface area contributed by atoms with Crippen LogP contribution in [-0.2, 0) is 6.18 Å². The summed E-state index contributed by atoms with van der Waals surface area (Å²) in [5.41, 5.74) is -1.03. The number of hydrogen-bond donors (Lipinski definition) is 0. The predicted molar refractivity (Wildman–Crippen MR) is 90.3 cm³/mol. The summed E-state index contributed by atoms with van der Waals surface area (Å²) >= 11 is 1.34. The third-order valence-corrected chi connectivity index (χ3v) is 4.26. The van der Waals surface area contributed by atoms with E-state index in [1.165, 1.54) is 23.5 Å². The first-order valence-electron chi connectivity index (χ1n) is 7.76. The average Bonchev–Trinajstić information content (AvgIpc) is 3.28. The van der Waals surface area contributed by atoms with Crippen LogP contribution in [0.5, 0.6) is 6.01 Å². The van der Waals surface area contributed by atoms with Crippen molar-refractivity contribution in [3.63, 3.8) is 0 Å². The van der Waals surface area contributed by atoms with Crippen LogP contribution in [0.4, 0.5) is 13.2 Å². The van der Waals surface area contributed by atoms with E-state index >= 15 is 0 Å². The number of carbonyl (C=O) groups excluding carboxylic acids is 1. The van der Waals surface area contributed by atoms with E-state index in [2.05, 4.69) is 10.1 Å². The van der Waals surface area contributed by atoms with E-state index < -0.39 is 17.6 Å². The van der Waals surface area contributed by atoms with Crippen molar-refractivity contribution in [1.29, 1.82) is 0 Å². The maximum absolute atomic E-state index is 12.9. The Morgan fingerprint density at radius 2 is 2.08 bits per heavy atom. The number of benzene rings is 1. The standard InChI is InChI=1S/C17H14F3N3O2S/c1-2-8-25-16-21-14(13-7-4-9-26-13)23(22-16)15(24)11-5-3-6-12(10-11)17(18,19)20/h3-7,9-10H,2,8H2,1H3. The molecule has 5 nitrogen and oxygen atoms in total. The smallest absolute Gasteiger partial charge is 0.416 e. The topological polar surface area (TPSA) is 57.0 Å². The zero-order chi connectivity index (χ0) is 18.7. The summed E-state index contributed by atoms with van der Waals surface area (Å²) in [7, 11) is 0. The number of thiophene rings is 1. The van der Waals surface area contributed by atoms with E-state index in [1.807, 2.05) is 6.92 Å². The molecule has 1 aromatic carbocycles. The number of aromatic nitrogens is 3. The molecule has 0 atom stereocenters. The lowest BCUT2D eigenvalue weighted by atomic mass is 10.1. The minimum Gasteiger partial charge on any atom is -0.462 e. The summed E-state index contributed by atoms with van der Waals surface area (Å²) in [5.74, 6) is -0.480. The van der Waals surface area contributed by atoms with Gasteiger partial charge in [-0.3, -0.25) is 4.79 Å². The lowest BCUT2D eigenvalue weighted by Crippen LogP contribution is -2.16. The van der Waals surface area contributed by atoms with Gasteiger partial charge in [0.25, 0.3) is 5.91 Å². The molecule has 0 saturated carbocycles. The Morgan fingerprint density at radius 3 is 2.73 bits per heavy atom. The highest BCUT2D eigenvalue weighted by Crippen LogP contribution is 2.30. The molecule has 0 amide bonds. The van der Waals surface area contributed by atoms with Crippen molar-refractivity contribution < 1.29 is 22.7 Å². The van der Waals surface area contributed by atoms with Gasteiger partial charge in [-0.2, -0.15) is 22.8 Å². The molecule has 26 heavy (non-hydrogen) atoms. The number of rotatable bonds is 5. The Morgan fingerprint density at radius 1 is 1.27 bits per heavy atom. The highest BCUT2D eigenvalue weighted by atomic mass is 32.1. The Kier molecular flexibility index (Phi) is 5.08. The molecule has 0 aliphatic rings. The van der Waals surface area contributed by atoms with Crippen molar-refractivity contribution in [2.75, 3.05) is 6.61 Å². The zero-order valence-electron chi connectivity index (χ0n) is 13.7. The van der Waals surface area contributed by atoms with Crippen LogP contribution < -0.4 is 4.74 Å². The van der Waals surface area contributed by atoms with Crippen molar-refractivity contribution in [3.05, 3.63) is 52.9 Å².